The van der Waals surface area contributed by atoms with Crippen molar-refractivity contribution in [2.24, 2.45) is 0 Å². The van der Waals surface area contributed by atoms with Gasteiger partial charge in [0, 0.05) is 27.4 Å². The fraction of sp³-hybridized carbons (Fsp3) is 0.188. The third-order valence-corrected chi connectivity index (χ3v) is 8.22. The molecule has 0 aliphatic carbocycles. The molecule has 0 bridgehead atoms. The molecule has 0 aliphatic rings. The lowest BCUT2D eigenvalue weighted by molar-refractivity contribution is 0.305. The molecule has 6 rings (SSSR count). The van der Waals surface area contributed by atoms with Crippen molar-refractivity contribution in [2.45, 2.75) is 32.6 Å². The van der Waals surface area contributed by atoms with Crippen LogP contribution in [-0.2, 0) is 0 Å². The van der Waals surface area contributed by atoms with Crippen molar-refractivity contribution in [3.8, 4) is 34.1 Å². The second kappa shape index (κ2) is 12.2. The standard InChI is InChI=1S/C32H28BrN5O2S/c1-2-3-4-8-19-40-27-17-13-23(14-18-27)30-34-32-38(36-30)31(39)28(41-32)20-24-21-37(26-9-6-5-7-10-26)35-29(24)22-11-15-25(33)16-12-22/h5-7,9-18,20-21H,2-4,8,19H2,1H3. The van der Waals surface area contributed by atoms with E-state index in [0.717, 1.165) is 44.7 Å². The largest absolute Gasteiger partial charge is 0.494 e. The minimum Gasteiger partial charge on any atom is -0.494 e. The van der Waals surface area contributed by atoms with E-state index in [1.54, 1.807) is 0 Å². The molecule has 41 heavy (non-hydrogen) atoms. The predicted molar refractivity (Wildman–Crippen MR) is 168 cm³/mol. The molecule has 0 fully saturated rings. The Labute approximate surface area is 249 Å². The zero-order valence-corrected chi connectivity index (χ0v) is 24.9. The highest BCUT2D eigenvalue weighted by Gasteiger charge is 2.15. The Morgan fingerprint density at radius 2 is 1.66 bits per heavy atom. The van der Waals surface area contributed by atoms with E-state index in [1.165, 1.54) is 35.1 Å². The maximum Gasteiger partial charge on any atom is 0.291 e. The number of benzene rings is 3. The van der Waals surface area contributed by atoms with Crippen molar-refractivity contribution in [1.29, 1.82) is 0 Å². The van der Waals surface area contributed by atoms with Crippen molar-refractivity contribution in [2.75, 3.05) is 6.61 Å². The number of hydrogen-bond acceptors (Lipinski definition) is 6. The van der Waals surface area contributed by atoms with Gasteiger partial charge in [-0.1, -0.05) is 83.8 Å². The van der Waals surface area contributed by atoms with Crippen molar-refractivity contribution in [1.82, 2.24) is 24.4 Å². The quantitative estimate of drug-likeness (QED) is 0.154. The van der Waals surface area contributed by atoms with E-state index in [9.17, 15) is 4.79 Å². The zero-order valence-electron chi connectivity index (χ0n) is 22.5. The van der Waals surface area contributed by atoms with E-state index in [-0.39, 0.29) is 5.56 Å². The molecular weight excluding hydrogens is 598 g/mol. The summed E-state index contributed by atoms with van der Waals surface area (Å²) in [6.45, 7) is 2.91. The van der Waals surface area contributed by atoms with Crippen LogP contribution in [0.25, 0.3) is 39.4 Å². The average molecular weight is 627 g/mol. The first-order chi connectivity index (χ1) is 20.1. The molecule has 3 aromatic heterocycles. The number of hydrogen-bond donors (Lipinski definition) is 0. The van der Waals surface area contributed by atoms with Crippen LogP contribution in [0, 0.1) is 0 Å². The molecule has 6 aromatic rings. The summed E-state index contributed by atoms with van der Waals surface area (Å²) >= 11 is 4.82. The van der Waals surface area contributed by atoms with E-state index in [4.69, 9.17) is 9.84 Å². The van der Waals surface area contributed by atoms with Gasteiger partial charge in [-0.05, 0) is 61.0 Å². The molecule has 7 nitrogen and oxygen atoms in total. The van der Waals surface area contributed by atoms with Crippen LogP contribution < -0.4 is 14.8 Å². The number of nitrogens with zero attached hydrogens (tertiary/aromatic N) is 5. The number of unbranched alkanes of at least 4 members (excludes halogenated alkanes) is 3. The number of thiazole rings is 1. The Bertz CT molecular complexity index is 1880. The van der Waals surface area contributed by atoms with Crippen LogP contribution in [0.4, 0.5) is 0 Å². The molecule has 0 unspecified atom stereocenters. The Hall–Kier alpha value is -4.08. The summed E-state index contributed by atoms with van der Waals surface area (Å²) in [5, 5.41) is 9.39. The molecule has 3 aromatic carbocycles. The highest BCUT2D eigenvalue weighted by atomic mass is 79.9. The molecule has 3 heterocycles. The van der Waals surface area contributed by atoms with Crippen LogP contribution in [0.2, 0.25) is 0 Å². The Kier molecular flexibility index (Phi) is 8.07. The van der Waals surface area contributed by atoms with Crippen LogP contribution in [-0.4, -0.2) is 31.0 Å². The van der Waals surface area contributed by atoms with Crippen molar-refractivity contribution in [3.05, 3.63) is 110 Å². The predicted octanol–water partition coefficient (Wildman–Crippen LogP) is 6.94. The first-order valence-electron chi connectivity index (χ1n) is 13.6. The summed E-state index contributed by atoms with van der Waals surface area (Å²) in [4.78, 5) is 18.6. The normalized spacial score (nSPS) is 11.9. The lowest BCUT2D eigenvalue weighted by Crippen LogP contribution is -2.23. The fourth-order valence-electron chi connectivity index (χ4n) is 4.55. The van der Waals surface area contributed by atoms with Gasteiger partial charge in [0.05, 0.1) is 22.5 Å². The molecular formula is C32H28BrN5O2S. The minimum absolute atomic E-state index is 0.204. The molecule has 0 saturated carbocycles. The summed E-state index contributed by atoms with van der Waals surface area (Å²) < 4.78 is 10.6. The van der Waals surface area contributed by atoms with Gasteiger partial charge < -0.3 is 4.74 Å². The highest BCUT2D eigenvalue weighted by molar-refractivity contribution is 9.10. The van der Waals surface area contributed by atoms with E-state index in [2.05, 4.69) is 32.9 Å². The molecule has 0 amide bonds. The van der Waals surface area contributed by atoms with Gasteiger partial charge in [-0.25, -0.2) is 4.68 Å². The maximum absolute atomic E-state index is 13.4. The van der Waals surface area contributed by atoms with E-state index >= 15 is 0 Å². The van der Waals surface area contributed by atoms with Crippen LogP contribution in [0.3, 0.4) is 0 Å². The topological polar surface area (TPSA) is 74.3 Å². The monoisotopic (exact) mass is 625 g/mol. The van der Waals surface area contributed by atoms with Crippen molar-refractivity contribution in [3.63, 3.8) is 0 Å². The van der Waals surface area contributed by atoms with Gasteiger partial charge in [0.15, 0.2) is 5.82 Å². The van der Waals surface area contributed by atoms with Crippen LogP contribution in [0.1, 0.15) is 38.2 Å². The number of ether oxygens (including phenoxy) is 1. The molecule has 206 valence electrons. The van der Waals surface area contributed by atoms with Crippen LogP contribution in [0.15, 0.2) is 94.3 Å². The number of halogens is 1. The third kappa shape index (κ3) is 6.01. The molecule has 9 heteroatoms. The Morgan fingerprint density at radius 3 is 2.39 bits per heavy atom. The summed E-state index contributed by atoms with van der Waals surface area (Å²) in [6.07, 6.45) is 8.50. The van der Waals surface area contributed by atoms with E-state index in [0.29, 0.717) is 21.9 Å². The third-order valence-electron chi connectivity index (χ3n) is 6.73. The number of fused-ring (bicyclic) bond motifs is 1. The summed E-state index contributed by atoms with van der Waals surface area (Å²) in [7, 11) is 0. The lowest BCUT2D eigenvalue weighted by atomic mass is 10.1. The number of rotatable bonds is 10. The summed E-state index contributed by atoms with van der Waals surface area (Å²) in [5.74, 6) is 1.34. The first kappa shape index (κ1) is 27.1. The fourth-order valence-corrected chi connectivity index (χ4v) is 5.72. The van der Waals surface area contributed by atoms with Gasteiger partial charge >= 0.3 is 0 Å². The molecule has 0 saturated heterocycles. The molecule has 0 aliphatic heterocycles. The minimum atomic E-state index is -0.204. The van der Waals surface area contributed by atoms with Gasteiger partial charge in [0.25, 0.3) is 5.56 Å². The van der Waals surface area contributed by atoms with Gasteiger partial charge in [-0.3, -0.25) is 4.79 Å². The van der Waals surface area contributed by atoms with Gasteiger partial charge in [0.2, 0.25) is 4.96 Å². The summed E-state index contributed by atoms with van der Waals surface area (Å²) in [6, 6.07) is 25.6. The average Bonchev–Trinajstić information content (AvgIpc) is 3.69. The second-order valence-electron chi connectivity index (χ2n) is 9.70. The van der Waals surface area contributed by atoms with E-state index in [1.807, 2.05) is 95.8 Å². The Morgan fingerprint density at radius 1 is 0.902 bits per heavy atom. The second-order valence-corrected chi connectivity index (χ2v) is 11.6. The maximum atomic E-state index is 13.4. The first-order valence-corrected chi connectivity index (χ1v) is 15.3. The van der Waals surface area contributed by atoms with Gasteiger partial charge in [-0.15, -0.1) is 5.10 Å². The van der Waals surface area contributed by atoms with Crippen LogP contribution in [0.5, 0.6) is 5.75 Å². The molecule has 0 N–H and O–H groups in total. The number of aromatic nitrogens is 5. The Balaban J connectivity index is 1.30. The smallest absolute Gasteiger partial charge is 0.291 e. The van der Waals surface area contributed by atoms with Crippen molar-refractivity contribution >= 4 is 38.3 Å². The lowest BCUT2D eigenvalue weighted by Gasteiger charge is -2.06. The van der Waals surface area contributed by atoms with Gasteiger partial charge in [-0.2, -0.15) is 14.6 Å². The molecule has 0 radical (unpaired) electrons. The van der Waals surface area contributed by atoms with Crippen molar-refractivity contribution < 1.29 is 4.74 Å². The summed E-state index contributed by atoms with van der Waals surface area (Å²) in [5.41, 5.74) is 4.15. The highest BCUT2D eigenvalue weighted by Crippen LogP contribution is 2.26. The number of para-hydroxylation sites is 1. The van der Waals surface area contributed by atoms with Crippen LogP contribution >= 0.6 is 27.3 Å². The van der Waals surface area contributed by atoms with E-state index < -0.39 is 0 Å². The van der Waals surface area contributed by atoms with Gasteiger partial charge in [0.1, 0.15) is 5.75 Å². The zero-order chi connectivity index (χ0) is 28.2. The SMILES string of the molecule is CCCCCCOc1ccc(-c2nc3sc(=Cc4cn(-c5ccccc5)nc4-c4ccc(Br)cc4)c(=O)n3n2)cc1. The molecule has 0 atom stereocenters. The molecule has 0 spiro atoms.